The minimum Gasteiger partial charge on any atom is -0.469 e. The highest BCUT2D eigenvalue weighted by molar-refractivity contribution is 5.72. The molecule has 0 aromatic rings. The van der Waals surface area contributed by atoms with Crippen molar-refractivity contribution in [2.75, 3.05) is 20.2 Å². The number of carbonyl (C=O) groups excluding carboxylic acids is 1. The zero-order valence-corrected chi connectivity index (χ0v) is 8.79. The first-order valence-electron chi connectivity index (χ1n) is 5.61. The molecule has 0 bridgehead atoms. The molecule has 1 aliphatic carbocycles. The van der Waals surface area contributed by atoms with Gasteiger partial charge in [-0.3, -0.25) is 4.79 Å². The summed E-state index contributed by atoms with van der Waals surface area (Å²) in [6.07, 6.45) is 4.73. The van der Waals surface area contributed by atoms with Gasteiger partial charge in [-0.15, -0.1) is 0 Å². The van der Waals surface area contributed by atoms with Gasteiger partial charge < -0.3 is 10.1 Å². The number of methoxy groups -OCH3 is 1. The van der Waals surface area contributed by atoms with E-state index in [-0.39, 0.29) is 11.9 Å². The van der Waals surface area contributed by atoms with Crippen LogP contribution in [-0.2, 0) is 9.53 Å². The molecule has 2 aliphatic rings. The molecule has 14 heavy (non-hydrogen) atoms. The lowest BCUT2D eigenvalue weighted by Gasteiger charge is -2.40. The fraction of sp³-hybridized carbons (Fsp3) is 0.909. The summed E-state index contributed by atoms with van der Waals surface area (Å²) in [7, 11) is 1.51. The van der Waals surface area contributed by atoms with Crippen LogP contribution in [0.4, 0.5) is 0 Å². The molecule has 0 radical (unpaired) electrons. The Morgan fingerprint density at radius 2 is 2.00 bits per heavy atom. The molecular formula is C11H19NO2. The van der Waals surface area contributed by atoms with Gasteiger partial charge in [-0.25, -0.2) is 0 Å². The second kappa shape index (κ2) is 4.30. The smallest absolute Gasteiger partial charge is 0.308 e. The molecule has 0 spiro atoms. The van der Waals surface area contributed by atoms with E-state index >= 15 is 0 Å². The van der Waals surface area contributed by atoms with Gasteiger partial charge in [-0.05, 0) is 37.8 Å². The molecule has 1 saturated heterocycles. The number of ether oxygens (including phenoxy) is 1. The van der Waals surface area contributed by atoms with Crippen LogP contribution in [0.2, 0.25) is 0 Å². The quantitative estimate of drug-likeness (QED) is 0.676. The lowest BCUT2D eigenvalue weighted by atomic mass is 9.70. The first-order chi connectivity index (χ1) is 6.83. The molecule has 2 rings (SSSR count). The Balaban J connectivity index is 1.98. The molecule has 0 aromatic heterocycles. The first kappa shape index (κ1) is 9.97. The molecule has 1 N–H and O–H groups in total. The van der Waals surface area contributed by atoms with Gasteiger partial charge in [0.1, 0.15) is 0 Å². The summed E-state index contributed by atoms with van der Waals surface area (Å²) in [4.78, 5) is 11.6. The van der Waals surface area contributed by atoms with Gasteiger partial charge in [-0.1, -0.05) is 12.8 Å². The normalized spacial score (nSPS) is 33.5. The minimum atomic E-state index is 0.0154. The molecular weight excluding hydrogens is 178 g/mol. The SMILES string of the molecule is COC(=O)[C@@H]1CCCC[C@H]1C1CNC1. The van der Waals surface area contributed by atoms with E-state index in [1.807, 2.05) is 0 Å². The van der Waals surface area contributed by atoms with Crippen LogP contribution >= 0.6 is 0 Å². The summed E-state index contributed by atoms with van der Waals surface area (Å²) >= 11 is 0. The van der Waals surface area contributed by atoms with Crippen LogP contribution in [0.3, 0.4) is 0 Å². The third-order valence-electron chi connectivity index (χ3n) is 3.74. The van der Waals surface area contributed by atoms with Crippen molar-refractivity contribution in [2.24, 2.45) is 17.8 Å². The lowest BCUT2D eigenvalue weighted by molar-refractivity contribution is -0.150. The van der Waals surface area contributed by atoms with E-state index < -0.39 is 0 Å². The summed E-state index contributed by atoms with van der Waals surface area (Å²) in [6.45, 7) is 2.19. The van der Waals surface area contributed by atoms with Crippen molar-refractivity contribution in [1.82, 2.24) is 5.32 Å². The highest BCUT2D eigenvalue weighted by Crippen LogP contribution is 2.37. The molecule has 3 nitrogen and oxygen atoms in total. The predicted octanol–water partition coefficient (Wildman–Crippen LogP) is 1.19. The summed E-state index contributed by atoms with van der Waals surface area (Å²) in [6, 6.07) is 0. The average Bonchev–Trinajstić information content (AvgIpc) is 2.15. The van der Waals surface area contributed by atoms with Crippen LogP contribution in [0.5, 0.6) is 0 Å². The molecule has 0 unspecified atom stereocenters. The number of rotatable bonds is 2. The van der Waals surface area contributed by atoms with E-state index in [0.29, 0.717) is 5.92 Å². The van der Waals surface area contributed by atoms with Crippen LogP contribution < -0.4 is 5.32 Å². The fourth-order valence-electron chi connectivity index (χ4n) is 2.78. The van der Waals surface area contributed by atoms with Crippen LogP contribution in [0.1, 0.15) is 25.7 Å². The number of esters is 1. The molecule has 2 fully saturated rings. The monoisotopic (exact) mass is 197 g/mol. The number of hydrogen-bond donors (Lipinski definition) is 1. The maximum Gasteiger partial charge on any atom is 0.308 e. The summed E-state index contributed by atoms with van der Waals surface area (Å²) in [5, 5.41) is 3.28. The predicted molar refractivity (Wildman–Crippen MR) is 53.8 cm³/mol. The van der Waals surface area contributed by atoms with E-state index in [1.54, 1.807) is 0 Å². The third kappa shape index (κ3) is 1.78. The zero-order valence-electron chi connectivity index (χ0n) is 8.79. The molecule has 1 aliphatic heterocycles. The maximum absolute atomic E-state index is 11.6. The standard InChI is InChI=1S/C11H19NO2/c1-14-11(13)10-5-3-2-4-9(10)8-6-12-7-8/h8-10,12H,2-7H2,1H3/t9-,10+/m0/s1. The van der Waals surface area contributed by atoms with Gasteiger partial charge in [0.25, 0.3) is 0 Å². The third-order valence-corrected chi connectivity index (χ3v) is 3.74. The lowest BCUT2D eigenvalue weighted by Crippen LogP contribution is -2.50. The summed E-state index contributed by atoms with van der Waals surface area (Å²) in [5.74, 6) is 1.50. The summed E-state index contributed by atoms with van der Waals surface area (Å²) in [5.41, 5.74) is 0. The molecule has 0 amide bonds. The van der Waals surface area contributed by atoms with Gasteiger partial charge >= 0.3 is 5.97 Å². The average molecular weight is 197 g/mol. The molecule has 1 heterocycles. The first-order valence-corrected chi connectivity index (χ1v) is 5.61. The Kier molecular flexibility index (Phi) is 3.06. The Bertz CT molecular complexity index is 213. The minimum absolute atomic E-state index is 0.0154. The highest BCUT2D eigenvalue weighted by Gasteiger charge is 2.38. The molecule has 3 heteroatoms. The Morgan fingerprint density at radius 3 is 2.57 bits per heavy atom. The number of hydrogen-bond acceptors (Lipinski definition) is 3. The van der Waals surface area contributed by atoms with Crippen molar-refractivity contribution in [2.45, 2.75) is 25.7 Å². The van der Waals surface area contributed by atoms with E-state index in [0.717, 1.165) is 25.4 Å². The fourth-order valence-corrected chi connectivity index (χ4v) is 2.78. The van der Waals surface area contributed by atoms with Crippen LogP contribution in [-0.4, -0.2) is 26.2 Å². The van der Waals surface area contributed by atoms with E-state index in [2.05, 4.69) is 5.32 Å². The maximum atomic E-state index is 11.6. The van der Waals surface area contributed by atoms with Crippen LogP contribution in [0, 0.1) is 17.8 Å². The molecule has 0 aromatic carbocycles. The zero-order chi connectivity index (χ0) is 9.97. The van der Waals surface area contributed by atoms with Crippen molar-refractivity contribution >= 4 is 5.97 Å². The van der Waals surface area contributed by atoms with Crippen molar-refractivity contribution in [3.8, 4) is 0 Å². The van der Waals surface area contributed by atoms with Crippen molar-refractivity contribution in [1.29, 1.82) is 0 Å². The van der Waals surface area contributed by atoms with E-state index in [9.17, 15) is 4.79 Å². The summed E-state index contributed by atoms with van der Waals surface area (Å²) < 4.78 is 4.88. The molecule has 2 atom stereocenters. The van der Waals surface area contributed by atoms with Crippen molar-refractivity contribution in [3.05, 3.63) is 0 Å². The second-order valence-corrected chi connectivity index (χ2v) is 4.50. The van der Waals surface area contributed by atoms with Gasteiger partial charge in [0.2, 0.25) is 0 Å². The van der Waals surface area contributed by atoms with Gasteiger partial charge in [0, 0.05) is 0 Å². The van der Waals surface area contributed by atoms with Gasteiger partial charge in [-0.2, -0.15) is 0 Å². The largest absolute Gasteiger partial charge is 0.469 e. The van der Waals surface area contributed by atoms with Crippen molar-refractivity contribution < 1.29 is 9.53 Å². The second-order valence-electron chi connectivity index (χ2n) is 4.50. The Labute approximate surface area is 85.2 Å². The van der Waals surface area contributed by atoms with Gasteiger partial charge in [0.05, 0.1) is 13.0 Å². The Hall–Kier alpha value is -0.570. The Morgan fingerprint density at radius 1 is 1.29 bits per heavy atom. The van der Waals surface area contributed by atoms with Crippen LogP contribution in [0.15, 0.2) is 0 Å². The molecule has 80 valence electrons. The van der Waals surface area contributed by atoms with Crippen molar-refractivity contribution in [3.63, 3.8) is 0 Å². The van der Waals surface area contributed by atoms with Crippen LogP contribution in [0.25, 0.3) is 0 Å². The van der Waals surface area contributed by atoms with E-state index in [4.69, 9.17) is 4.74 Å². The van der Waals surface area contributed by atoms with E-state index in [1.165, 1.54) is 26.4 Å². The highest BCUT2D eigenvalue weighted by atomic mass is 16.5. The topological polar surface area (TPSA) is 38.3 Å². The van der Waals surface area contributed by atoms with Gasteiger partial charge in [0.15, 0.2) is 0 Å². The number of carbonyl (C=O) groups is 1. The number of nitrogens with one attached hydrogen (secondary N) is 1. The molecule has 1 saturated carbocycles.